The summed E-state index contributed by atoms with van der Waals surface area (Å²) in [6.07, 6.45) is 5.47. The van der Waals surface area contributed by atoms with Crippen LogP contribution in [0.4, 0.5) is 17.5 Å². The number of oxazole rings is 1. The molecule has 2 aromatic heterocycles. The Kier molecular flexibility index (Phi) is 3.51. The van der Waals surface area contributed by atoms with Gasteiger partial charge < -0.3 is 14.2 Å². The summed E-state index contributed by atoms with van der Waals surface area (Å²) in [7, 11) is 0. The van der Waals surface area contributed by atoms with E-state index in [0.29, 0.717) is 23.1 Å². The highest BCUT2D eigenvalue weighted by Gasteiger charge is 2.27. The van der Waals surface area contributed by atoms with Crippen LogP contribution in [0.2, 0.25) is 0 Å². The number of fused-ring (bicyclic) bond motifs is 1. The van der Waals surface area contributed by atoms with Gasteiger partial charge in [-0.3, -0.25) is 10.1 Å². The molecule has 8 nitrogen and oxygen atoms in total. The van der Waals surface area contributed by atoms with Crippen molar-refractivity contribution in [3.05, 3.63) is 16.2 Å². The van der Waals surface area contributed by atoms with Gasteiger partial charge in [-0.2, -0.15) is 4.98 Å². The maximum absolute atomic E-state index is 11.4. The lowest BCUT2D eigenvalue weighted by Crippen LogP contribution is -2.30. The molecule has 0 unspecified atom stereocenters. The van der Waals surface area contributed by atoms with Crippen LogP contribution < -0.4 is 9.80 Å². The fourth-order valence-electron chi connectivity index (χ4n) is 3.35. The van der Waals surface area contributed by atoms with Gasteiger partial charge in [-0.15, -0.1) is 0 Å². The molecule has 0 amide bonds. The first-order chi connectivity index (χ1) is 11.2. The highest BCUT2D eigenvalue weighted by molar-refractivity contribution is 5.78. The van der Waals surface area contributed by atoms with Crippen LogP contribution in [0.25, 0.3) is 11.2 Å². The summed E-state index contributed by atoms with van der Waals surface area (Å²) in [5.74, 6) is 0.420. The molecule has 2 aromatic rings. The molecular formula is C15H19N5O3. The number of aromatic nitrogens is 2. The summed E-state index contributed by atoms with van der Waals surface area (Å²) in [5, 5.41) is 11.4. The van der Waals surface area contributed by atoms with E-state index in [2.05, 4.69) is 14.9 Å². The molecule has 0 atom stereocenters. The van der Waals surface area contributed by atoms with Crippen molar-refractivity contribution in [2.24, 2.45) is 0 Å². The van der Waals surface area contributed by atoms with Gasteiger partial charge in [0.15, 0.2) is 5.58 Å². The summed E-state index contributed by atoms with van der Waals surface area (Å²) in [4.78, 5) is 24.0. The SMILES string of the molecule is O=[N+]([O-])c1cc2oc(N3CCCC3)nc2nc1N1CCCCC1. The zero-order valence-electron chi connectivity index (χ0n) is 12.9. The smallest absolute Gasteiger partial charge is 0.315 e. The van der Waals surface area contributed by atoms with Crippen LogP contribution in [-0.2, 0) is 0 Å². The Hall–Kier alpha value is -2.38. The number of hydrogen-bond donors (Lipinski definition) is 0. The van der Waals surface area contributed by atoms with Crippen molar-refractivity contribution in [2.45, 2.75) is 32.1 Å². The third-order valence-electron chi connectivity index (χ3n) is 4.56. The first-order valence-electron chi connectivity index (χ1n) is 8.18. The minimum absolute atomic E-state index is 0.00326. The van der Waals surface area contributed by atoms with Crippen LogP contribution in [0.5, 0.6) is 0 Å². The second-order valence-corrected chi connectivity index (χ2v) is 6.15. The highest BCUT2D eigenvalue weighted by Crippen LogP contribution is 2.33. The fourth-order valence-corrected chi connectivity index (χ4v) is 3.35. The molecule has 8 heteroatoms. The molecule has 23 heavy (non-hydrogen) atoms. The van der Waals surface area contributed by atoms with Gasteiger partial charge >= 0.3 is 5.69 Å². The van der Waals surface area contributed by atoms with E-state index in [-0.39, 0.29) is 10.6 Å². The number of pyridine rings is 1. The van der Waals surface area contributed by atoms with E-state index >= 15 is 0 Å². The van der Waals surface area contributed by atoms with E-state index in [9.17, 15) is 10.1 Å². The third kappa shape index (κ3) is 2.58. The van der Waals surface area contributed by atoms with E-state index in [1.54, 1.807) is 0 Å². The average Bonchev–Trinajstić information content (AvgIpc) is 3.23. The second kappa shape index (κ2) is 5.68. The molecule has 0 bridgehead atoms. The monoisotopic (exact) mass is 317 g/mol. The predicted octanol–water partition coefficient (Wildman–Crippen LogP) is 2.72. The molecule has 4 heterocycles. The molecule has 122 valence electrons. The number of hydrogen-bond acceptors (Lipinski definition) is 7. The Labute approximate surface area is 133 Å². The maximum Gasteiger partial charge on any atom is 0.315 e. The van der Waals surface area contributed by atoms with Gasteiger partial charge in [-0.1, -0.05) is 0 Å². The third-order valence-corrected chi connectivity index (χ3v) is 4.56. The maximum atomic E-state index is 11.4. The van der Waals surface area contributed by atoms with Crippen LogP contribution in [0, 0.1) is 10.1 Å². The van der Waals surface area contributed by atoms with E-state index in [4.69, 9.17) is 4.42 Å². The lowest BCUT2D eigenvalue weighted by atomic mass is 10.1. The average molecular weight is 317 g/mol. The molecule has 0 spiro atoms. The predicted molar refractivity (Wildman–Crippen MR) is 86.0 cm³/mol. The van der Waals surface area contributed by atoms with Gasteiger partial charge in [0.2, 0.25) is 11.5 Å². The normalized spacial score (nSPS) is 18.8. The van der Waals surface area contributed by atoms with Crippen LogP contribution in [0.3, 0.4) is 0 Å². The Balaban J connectivity index is 1.77. The van der Waals surface area contributed by atoms with Crippen molar-refractivity contribution >= 4 is 28.8 Å². The van der Waals surface area contributed by atoms with Gasteiger partial charge in [0.25, 0.3) is 6.01 Å². The number of nitrogens with zero attached hydrogens (tertiary/aromatic N) is 5. The summed E-state index contributed by atoms with van der Waals surface area (Å²) < 4.78 is 5.71. The van der Waals surface area contributed by atoms with Crippen LogP contribution in [0.1, 0.15) is 32.1 Å². The molecule has 0 aromatic carbocycles. The van der Waals surface area contributed by atoms with Crippen molar-refractivity contribution < 1.29 is 9.34 Å². The van der Waals surface area contributed by atoms with Crippen LogP contribution >= 0.6 is 0 Å². The summed E-state index contributed by atoms with van der Waals surface area (Å²) in [6, 6.07) is 1.99. The largest absolute Gasteiger partial charge is 0.421 e. The van der Waals surface area contributed by atoms with Crippen LogP contribution in [0.15, 0.2) is 10.5 Å². The molecule has 0 aliphatic carbocycles. The molecule has 2 saturated heterocycles. The fraction of sp³-hybridized carbons (Fsp3) is 0.600. The number of rotatable bonds is 3. The van der Waals surface area contributed by atoms with Gasteiger partial charge in [-0.05, 0) is 32.1 Å². The second-order valence-electron chi connectivity index (χ2n) is 6.15. The topological polar surface area (TPSA) is 88.5 Å². The Bertz CT molecular complexity index is 732. The van der Waals surface area contributed by atoms with E-state index in [1.165, 1.54) is 6.07 Å². The summed E-state index contributed by atoms with van der Waals surface area (Å²) >= 11 is 0. The Morgan fingerprint density at radius 2 is 1.65 bits per heavy atom. The van der Waals surface area contributed by atoms with Crippen LogP contribution in [-0.4, -0.2) is 41.1 Å². The van der Waals surface area contributed by atoms with Gasteiger partial charge in [0.05, 0.1) is 11.0 Å². The van der Waals surface area contributed by atoms with Crippen molar-refractivity contribution in [3.8, 4) is 0 Å². The summed E-state index contributed by atoms with van der Waals surface area (Å²) in [6.45, 7) is 3.42. The lowest BCUT2D eigenvalue weighted by molar-refractivity contribution is -0.384. The Morgan fingerprint density at radius 3 is 2.35 bits per heavy atom. The Morgan fingerprint density at radius 1 is 1.00 bits per heavy atom. The molecule has 0 N–H and O–H groups in total. The number of anilines is 2. The first-order valence-corrected chi connectivity index (χ1v) is 8.18. The zero-order chi connectivity index (χ0) is 15.8. The quantitative estimate of drug-likeness (QED) is 0.635. The van der Waals surface area contributed by atoms with E-state index < -0.39 is 0 Å². The number of piperidine rings is 1. The zero-order valence-corrected chi connectivity index (χ0v) is 12.9. The van der Waals surface area contributed by atoms with E-state index in [0.717, 1.165) is 58.3 Å². The van der Waals surface area contributed by atoms with Crippen molar-refractivity contribution in [3.63, 3.8) is 0 Å². The lowest BCUT2D eigenvalue weighted by Gasteiger charge is -2.26. The van der Waals surface area contributed by atoms with Gasteiger partial charge in [-0.25, -0.2) is 4.98 Å². The van der Waals surface area contributed by atoms with Crippen molar-refractivity contribution in [1.29, 1.82) is 0 Å². The van der Waals surface area contributed by atoms with Gasteiger partial charge in [0.1, 0.15) is 0 Å². The highest BCUT2D eigenvalue weighted by atomic mass is 16.6. The van der Waals surface area contributed by atoms with Crippen molar-refractivity contribution in [2.75, 3.05) is 36.0 Å². The number of nitro groups is 1. The summed E-state index contributed by atoms with van der Waals surface area (Å²) in [5.41, 5.74) is 0.848. The molecule has 0 saturated carbocycles. The standard InChI is InChI=1S/C15H19N5O3/c21-20(22)11-10-12-13(16-14(11)18-6-2-1-3-7-18)17-15(23-12)19-8-4-5-9-19/h10H,1-9H2. The molecule has 2 fully saturated rings. The minimum atomic E-state index is -0.381. The minimum Gasteiger partial charge on any atom is -0.421 e. The van der Waals surface area contributed by atoms with Crippen molar-refractivity contribution in [1.82, 2.24) is 9.97 Å². The first kappa shape index (κ1) is 14.2. The molecule has 4 rings (SSSR count). The molecule has 2 aliphatic rings. The molecule has 0 radical (unpaired) electrons. The van der Waals surface area contributed by atoms with Gasteiger partial charge in [0, 0.05) is 26.2 Å². The molecule has 2 aliphatic heterocycles. The van der Waals surface area contributed by atoms with E-state index in [1.807, 2.05) is 4.90 Å². The molecular weight excluding hydrogens is 298 g/mol.